The molecule has 1 heterocycles. The van der Waals surface area contributed by atoms with Crippen molar-refractivity contribution in [3.63, 3.8) is 0 Å². The van der Waals surface area contributed by atoms with E-state index in [1.54, 1.807) is 0 Å². The van der Waals surface area contributed by atoms with Crippen LogP contribution in [0.2, 0.25) is 0 Å². The number of fused-ring (bicyclic) bond motifs is 1. The number of hydrogen-bond donors (Lipinski definition) is 0. The molecule has 0 amide bonds. The van der Waals surface area contributed by atoms with E-state index < -0.39 is 0 Å². The number of para-hydroxylation sites is 1. The van der Waals surface area contributed by atoms with Crippen LogP contribution in [0.5, 0.6) is 0 Å². The van der Waals surface area contributed by atoms with Gasteiger partial charge in [-0.3, -0.25) is 0 Å². The van der Waals surface area contributed by atoms with Crippen molar-refractivity contribution >= 4 is 16.7 Å². The highest BCUT2D eigenvalue weighted by Gasteiger charge is 2.20. The molecule has 4 nitrogen and oxygen atoms in total. The van der Waals surface area contributed by atoms with Crippen LogP contribution in [0.3, 0.4) is 0 Å². The van der Waals surface area contributed by atoms with Crippen LogP contribution in [0.15, 0.2) is 78.9 Å². The van der Waals surface area contributed by atoms with Crippen molar-refractivity contribution in [2.75, 3.05) is 19.0 Å². The Morgan fingerprint density at radius 3 is 2.12 bits per heavy atom. The first-order valence-corrected chi connectivity index (χ1v) is 8.36. The Morgan fingerprint density at radius 2 is 1.40 bits per heavy atom. The van der Waals surface area contributed by atoms with Crippen LogP contribution in [0.25, 0.3) is 11.0 Å². The third-order valence-electron chi connectivity index (χ3n) is 4.46. The molecule has 0 saturated heterocycles. The predicted molar refractivity (Wildman–Crippen MR) is 102 cm³/mol. The fourth-order valence-electron chi connectivity index (χ4n) is 3.14. The summed E-state index contributed by atoms with van der Waals surface area (Å²) in [7, 11) is 4.10. The average molecular weight is 328 g/mol. The first-order chi connectivity index (χ1) is 12.2. The molecule has 25 heavy (non-hydrogen) atoms. The van der Waals surface area contributed by atoms with Crippen LogP contribution in [-0.4, -0.2) is 29.1 Å². The summed E-state index contributed by atoms with van der Waals surface area (Å²) in [6.07, 6.45) is 0. The van der Waals surface area contributed by atoms with E-state index >= 15 is 0 Å². The predicted octanol–water partition coefficient (Wildman–Crippen LogP) is 4.14. The molecular weight excluding hydrogens is 308 g/mol. The van der Waals surface area contributed by atoms with E-state index in [1.165, 1.54) is 16.8 Å². The molecule has 0 bridgehead atoms. The minimum absolute atomic E-state index is 0.00943. The lowest BCUT2D eigenvalue weighted by molar-refractivity contribution is 0.589. The zero-order valence-corrected chi connectivity index (χ0v) is 14.4. The Hall–Kier alpha value is -3.14. The number of nitrogens with zero attached hydrogens (tertiary/aromatic N) is 4. The van der Waals surface area contributed by atoms with Crippen LogP contribution >= 0.6 is 0 Å². The quantitative estimate of drug-likeness (QED) is 0.565. The topological polar surface area (TPSA) is 34.0 Å². The molecule has 4 heteroatoms. The molecule has 0 unspecified atom stereocenters. The summed E-state index contributed by atoms with van der Waals surface area (Å²) in [6, 6.07) is 27.1. The Morgan fingerprint density at radius 1 is 0.760 bits per heavy atom. The third-order valence-corrected chi connectivity index (χ3v) is 4.46. The highest BCUT2D eigenvalue weighted by Crippen LogP contribution is 2.29. The second-order valence-corrected chi connectivity index (χ2v) is 6.32. The van der Waals surface area contributed by atoms with Crippen molar-refractivity contribution < 1.29 is 0 Å². The number of aromatic nitrogens is 3. The summed E-state index contributed by atoms with van der Waals surface area (Å²) in [5.74, 6) is 0. The summed E-state index contributed by atoms with van der Waals surface area (Å²) < 4.78 is 2.01. The lowest BCUT2D eigenvalue weighted by Gasteiger charge is -2.20. The lowest BCUT2D eigenvalue weighted by atomic mass is 9.98. The van der Waals surface area contributed by atoms with Crippen molar-refractivity contribution in [3.05, 3.63) is 90.0 Å². The zero-order valence-electron chi connectivity index (χ0n) is 14.4. The summed E-state index contributed by atoms with van der Waals surface area (Å²) >= 11 is 0. The van der Waals surface area contributed by atoms with E-state index in [2.05, 4.69) is 83.9 Å². The van der Waals surface area contributed by atoms with Gasteiger partial charge in [0, 0.05) is 19.8 Å². The largest absolute Gasteiger partial charge is 0.378 e. The van der Waals surface area contributed by atoms with E-state index in [0.29, 0.717) is 0 Å². The Kier molecular flexibility index (Phi) is 3.94. The van der Waals surface area contributed by atoms with E-state index in [1.807, 2.05) is 28.9 Å². The highest BCUT2D eigenvalue weighted by molar-refractivity contribution is 5.74. The van der Waals surface area contributed by atoms with E-state index in [0.717, 1.165) is 11.0 Å². The molecule has 1 aromatic heterocycles. The van der Waals surface area contributed by atoms with Gasteiger partial charge in [0.15, 0.2) is 0 Å². The molecule has 4 rings (SSSR count). The van der Waals surface area contributed by atoms with Gasteiger partial charge in [-0.25, -0.2) is 4.68 Å². The Balaban J connectivity index is 1.88. The monoisotopic (exact) mass is 328 g/mol. The molecule has 0 saturated carbocycles. The van der Waals surface area contributed by atoms with Gasteiger partial charge in [-0.2, -0.15) is 0 Å². The zero-order chi connectivity index (χ0) is 17.2. The molecule has 0 aliphatic rings. The summed E-state index contributed by atoms with van der Waals surface area (Å²) in [5, 5.41) is 8.80. The molecule has 0 fully saturated rings. The second-order valence-electron chi connectivity index (χ2n) is 6.32. The molecule has 0 spiro atoms. The van der Waals surface area contributed by atoms with Crippen LogP contribution in [0.1, 0.15) is 17.2 Å². The average Bonchev–Trinajstić information content (AvgIpc) is 3.07. The fraction of sp³-hybridized carbons (Fsp3) is 0.143. The first-order valence-electron chi connectivity index (χ1n) is 8.36. The van der Waals surface area contributed by atoms with Gasteiger partial charge < -0.3 is 4.90 Å². The van der Waals surface area contributed by atoms with Crippen molar-refractivity contribution in [1.29, 1.82) is 0 Å². The molecule has 4 aromatic rings. The van der Waals surface area contributed by atoms with Crippen molar-refractivity contribution in [3.8, 4) is 0 Å². The molecule has 0 aliphatic carbocycles. The van der Waals surface area contributed by atoms with Gasteiger partial charge in [-0.05, 0) is 35.4 Å². The van der Waals surface area contributed by atoms with Crippen molar-refractivity contribution in [1.82, 2.24) is 15.0 Å². The number of benzene rings is 3. The highest BCUT2D eigenvalue weighted by atomic mass is 15.4. The minimum atomic E-state index is -0.00943. The number of rotatable bonds is 4. The molecule has 124 valence electrons. The summed E-state index contributed by atoms with van der Waals surface area (Å²) in [6.45, 7) is 0. The fourth-order valence-corrected chi connectivity index (χ4v) is 3.14. The van der Waals surface area contributed by atoms with Gasteiger partial charge in [0.25, 0.3) is 0 Å². The first kappa shape index (κ1) is 15.4. The molecule has 0 aliphatic heterocycles. The molecular formula is C21H20N4. The van der Waals surface area contributed by atoms with Crippen LogP contribution in [-0.2, 0) is 0 Å². The van der Waals surface area contributed by atoms with Gasteiger partial charge in [-0.15, -0.1) is 5.10 Å². The standard InChI is InChI=1S/C21H20N4/c1-24(2)18-14-12-17(13-15-18)21(16-8-4-3-5-9-16)25-20-11-7-6-10-19(20)22-23-25/h3-15,21H,1-2H3/t21-/m1/s1. The Bertz CT molecular complexity index is 972. The lowest BCUT2D eigenvalue weighted by Crippen LogP contribution is -2.14. The maximum absolute atomic E-state index is 4.46. The van der Waals surface area contributed by atoms with Crippen LogP contribution < -0.4 is 4.90 Å². The van der Waals surface area contributed by atoms with Crippen LogP contribution in [0, 0.1) is 0 Å². The molecule has 0 radical (unpaired) electrons. The maximum atomic E-state index is 4.46. The Labute approximate surface area is 147 Å². The molecule has 3 aromatic carbocycles. The van der Waals surface area contributed by atoms with Crippen LogP contribution in [0.4, 0.5) is 5.69 Å². The van der Waals surface area contributed by atoms with Gasteiger partial charge >= 0.3 is 0 Å². The maximum Gasteiger partial charge on any atom is 0.113 e. The van der Waals surface area contributed by atoms with Gasteiger partial charge in [-0.1, -0.05) is 59.8 Å². The van der Waals surface area contributed by atoms with E-state index in [-0.39, 0.29) is 6.04 Å². The molecule has 1 atom stereocenters. The minimum Gasteiger partial charge on any atom is -0.378 e. The number of hydrogen-bond acceptors (Lipinski definition) is 3. The SMILES string of the molecule is CN(C)c1ccc([C@@H](c2ccccc2)n2nnc3ccccc32)cc1. The van der Waals surface area contributed by atoms with Gasteiger partial charge in [0.1, 0.15) is 11.6 Å². The number of anilines is 1. The summed E-state index contributed by atoms with van der Waals surface area (Å²) in [5.41, 5.74) is 5.50. The summed E-state index contributed by atoms with van der Waals surface area (Å²) in [4.78, 5) is 2.10. The normalized spacial score (nSPS) is 12.2. The second kappa shape index (κ2) is 6.40. The van der Waals surface area contributed by atoms with E-state index in [4.69, 9.17) is 0 Å². The smallest absolute Gasteiger partial charge is 0.113 e. The van der Waals surface area contributed by atoms with Gasteiger partial charge in [0.2, 0.25) is 0 Å². The van der Waals surface area contributed by atoms with Crippen molar-refractivity contribution in [2.45, 2.75) is 6.04 Å². The van der Waals surface area contributed by atoms with E-state index in [9.17, 15) is 0 Å². The molecule has 0 N–H and O–H groups in total. The van der Waals surface area contributed by atoms with Crippen molar-refractivity contribution in [2.24, 2.45) is 0 Å². The van der Waals surface area contributed by atoms with Gasteiger partial charge in [0.05, 0.1) is 5.52 Å². The third kappa shape index (κ3) is 2.87.